The first kappa shape index (κ1) is 10.0. The van der Waals surface area contributed by atoms with Gasteiger partial charge in [0, 0.05) is 6.54 Å². The summed E-state index contributed by atoms with van der Waals surface area (Å²) in [5.41, 5.74) is 2.98. The van der Waals surface area contributed by atoms with Gasteiger partial charge in [0.2, 0.25) is 0 Å². The van der Waals surface area contributed by atoms with Crippen LogP contribution in [0.4, 0.5) is 4.39 Å². The molecule has 1 heterocycles. The summed E-state index contributed by atoms with van der Waals surface area (Å²) in [6.45, 7) is 0.654. The Kier molecular flexibility index (Phi) is 2.37. The molecule has 17 heavy (non-hydrogen) atoms. The van der Waals surface area contributed by atoms with Crippen LogP contribution in [0.25, 0.3) is 11.0 Å². The molecule has 0 unspecified atom stereocenters. The van der Waals surface area contributed by atoms with Gasteiger partial charge in [0.25, 0.3) is 0 Å². The van der Waals surface area contributed by atoms with Crippen molar-refractivity contribution in [1.29, 1.82) is 0 Å². The second-order valence-corrected chi connectivity index (χ2v) is 3.89. The van der Waals surface area contributed by atoms with Gasteiger partial charge in [-0.15, -0.1) is 0 Å². The zero-order chi connectivity index (χ0) is 11.7. The maximum absolute atomic E-state index is 12.8. The molecule has 0 aliphatic heterocycles. The monoisotopic (exact) mass is 225 g/mol. The van der Waals surface area contributed by atoms with Gasteiger partial charge in [0.1, 0.15) is 5.82 Å². The van der Waals surface area contributed by atoms with Crippen molar-refractivity contribution < 1.29 is 4.39 Å². The first-order chi connectivity index (χ1) is 8.33. The lowest BCUT2D eigenvalue weighted by Gasteiger charge is -2.03. The smallest absolute Gasteiger partial charge is 0.123 e. The predicted octanol–water partition coefficient (Wildman–Crippen LogP) is 3.02. The van der Waals surface area contributed by atoms with Crippen LogP contribution in [-0.4, -0.2) is 9.55 Å². The van der Waals surface area contributed by atoms with Crippen LogP contribution in [0.15, 0.2) is 48.8 Å². The normalized spacial score (nSPS) is 10.9. The maximum atomic E-state index is 12.8. The lowest BCUT2D eigenvalue weighted by molar-refractivity contribution is 0.626. The summed E-state index contributed by atoms with van der Waals surface area (Å²) in [5.74, 6) is -0.260. The summed E-state index contributed by atoms with van der Waals surface area (Å²) in [7, 11) is 0. The third kappa shape index (κ3) is 1.91. The molecule has 0 bridgehead atoms. The number of hydrogen-bond acceptors (Lipinski definition) is 1. The minimum atomic E-state index is -0.260. The first-order valence-electron chi connectivity index (χ1n) is 5.39. The summed E-state index contributed by atoms with van der Waals surface area (Å²) < 4.78 is 14.8. The van der Waals surface area contributed by atoms with Crippen molar-refractivity contribution in [1.82, 2.24) is 9.55 Å². The van der Waals surface area contributed by atoms with Gasteiger partial charge in [-0.1, -0.05) is 18.2 Å². The van der Waals surface area contributed by atoms with E-state index in [1.165, 1.54) is 12.1 Å². The Hall–Kier alpha value is -2.16. The van der Waals surface area contributed by atoms with Crippen LogP contribution in [-0.2, 0) is 6.54 Å². The Morgan fingerprint density at radius 3 is 2.88 bits per heavy atom. The van der Waals surface area contributed by atoms with Crippen LogP contribution < -0.4 is 0 Å². The molecule has 2 nitrogen and oxygen atoms in total. The van der Waals surface area contributed by atoms with Crippen molar-refractivity contribution in [3.05, 3.63) is 66.2 Å². The van der Waals surface area contributed by atoms with E-state index in [-0.39, 0.29) is 5.82 Å². The van der Waals surface area contributed by atoms with E-state index in [1.807, 2.05) is 28.8 Å². The van der Waals surface area contributed by atoms with Crippen molar-refractivity contribution in [2.24, 2.45) is 0 Å². The molecule has 3 aromatic rings. The average molecular weight is 225 g/mol. The van der Waals surface area contributed by atoms with Crippen molar-refractivity contribution in [2.75, 3.05) is 0 Å². The van der Waals surface area contributed by atoms with Crippen LogP contribution in [0.3, 0.4) is 0 Å². The number of benzene rings is 2. The highest BCUT2D eigenvalue weighted by molar-refractivity contribution is 5.75. The number of hydrogen-bond donors (Lipinski definition) is 0. The number of imidazole rings is 1. The van der Waals surface area contributed by atoms with Crippen LogP contribution in [0.2, 0.25) is 0 Å². The highest BCUT2D eigenvalue weighted by atomic mass is 19.1. The third-order valence-corrected chi connectivity index (χ3v) is 2.71. The van der Waals surface area contributed by atoms with Gasteiger partial charge < -0.3 is 4.57 Å². The highest BCUT2D eigenvalue weighted by Crippen LogP contribution is 2.13. The third-order valence-electron chi connectivity index (χ3n) is 2.71. The molecule has 0 aliphatic rings. The minimum absolute atomic E-state index is 0.260. The standard InChI is InChI=1S/C14H10FN2/c15-12-7-5-11(6-8-12)9-17-10-16-13-3-1-2-4-14(13)17/h1-5,7-8,10H,9H2. The van der Waals surface area contributed by atoms with E-state index in [0.29, 0.717) is 6.54 Å². The summed E-state index contributed by atoms with van der Waals surface area (Å²) in [6, 6.07) is 15.4. The molecule has 0 spiro atoms. The topological polar surface area (TPSA) is 17.8 Å². The van der Waals surface area contributed by atoms with E-state index < -0.39 is 0 Å². The highest BCUT2D eigenvalue weighted by Gasteiger charge is 2.02. The Morgan fingerprint density at radius 1 is 1.18 bits per heavy atom. The Balaban J connectivity index is 1.97. The predicted molar refractivity (Wildman–Crippen MR) is 64.1 cm³/mol. The average Bonchev–Trinajstić information content (AvgIpc) is 2.76. The van der Waals surface area contributed by atoms with Gasteiger partial charge in [-0.05, 0) is 35.9 Å². The van der Waals surface area contributed by atoms with Crippen molar-refractivity contribution in [2.45, 2.75) is 6.54 Å². The largest absolute Gasteiger partial charge is 0.326 e. The molecule has 83 valence electrons. The van der Waals surface area contributed by atoms with Gasteiger partial charge in [-0.2, -0.15) is 0 Å². The van der Waals surface area contributed by atoms with E-state index in [4.69, 9.17) is 0 Å². The summed E-state index contributed by atoms with van der Waals surface area (Å²) in [4.78, 5) is 4.31. The Bertz CT molecular complexity index is 641. The number of nitrogens with zero attached hydrogens (tertiary/aromatic N) is 2. The zero-order valence-electron chi connectivity index (χ0n) is 9.10. The van der Waals surface area contributed by atoms with Crippen molar-refractivity contribution >= 4 is 11.0 Å². The molecule has 0 saturated carbocycles. The van der Waals surface area contributed by atoms with E-state index >= 15 is 0 Å². The fourth-order valence-corrected chi connectivity index (χ4v) is 1.86. The van der Waals surface area contributed by atoms with Crippen molar-refractivity contribution in [3.8, 4) is 0 Å². The lowest BCUT2D eigenvalue weighted by atomic mass is 10.2. The molecule has 0 fully saturated rings. The van der Waals surface area contributed by atoms with E-state index in [0.717, 1.165) is 16.6 Å². The van der Waals surface area contributed by atoms with Crippen molar-refractivity contribution in [3.63, 3.8) is 0 Å². The molecule has 1 aromatic heterocycles. The molecule has 0 saturated heterocycles. The number of halogens is 1. The molecule has 0 amide bonds. The lowest BCUT2D eigenvalue weighted by Crippen LogP contribution is -1.97. The molecule has 0 aliphatic carbocycles. The second-order valence-electron chi connectivity index (χ2n) is 3.89. The van der Waals surface area contributed by atoms with Gasteiger partial charge >= 0.3 is 0 Å². The molecular weight excluding hydrogens is 215 g/mol. The van der Waals surface area contributed by atoms with Gasteiger partial charge in [-0.3, -0.25) is 0 Å². The molecule has 3 heteroatoms. The molecular formula is C14H10FN2. The molecule has 3 rings (SSSR count). The zero-order valence-corrected chi connectivity index (χ0v) is 9.10. The summed E-state index contributed by atoms with van der Waals surface area (Å²) in [5, 5.41) is 0. The number of para-hydroxylation sites is 2. The minimum Gasteiger partial charge on any atom is -0.326 e. The van der Waals surface area contributed by atoms with Crippen LogP contribution in [0.1, 0.15) is 5.56 Å². The molecule has 2 aromatic carbocycles. The number of fused-ring (bicyclic) bond motifs is 1. The summed E-state index contributed by atoms with van der Waals surface area (Å²) in [6.07, 6.45) is 1.79. The molecule has 0 N–H and O–H groups in total. The number of aromatic nitrogens is 2. The molecule has 0 atom stereocenters. The fourth-order valence-electron chi connectivity index (χ4n) is 1.86. The van der Waals surface area contributed by atoms with E-state index in [2.05, 4.69) is 11.1 Å². The van der Waals surface area contributed by atoms with E-state index in [1.54, 1.807) is 12.4 Å². The SMILES string of the molecule is Fc1c[c]c(Cn2cnc3ccccc32)cc1. The van der Waals surface area contributed by atoms with E-state index in [9.17, 15) is 4.39 Å². The summed E-state index contributed by atoms with van der Waals surface area (Å²) >= 11 is 0. The van der Waals surface area contributed by atoms with Crippen LogP contribution >= 0.6 is 0 Å². The van der Waals surface area contributed by atoms with Gasteiger partial charge in [0.05, 0.1) is 17.4 Å². The number of rotatable bonds is 2. The van der Waals surface area contributed by atoms with Gasteiger partial charge in [-0.25, -0.2) is 9.37 Å². The second kappa shape index (κ2) is 4.01. The van der Waals surface area contributed by atoms with Gasteiger partial charge in [0.15, 0.2) is 0 Å². The quantitative estimate of drug-likeness (QED) is 0.655. The van der Waals surface area contributed by atoms with Crippen LogP contribution in [0.5, 0.6) is 0 Å². The van der Waals surface area contributed by atoms with Crippen LogP contribution in [0, 0.1) is 11.9 Å². The Morgan fingerprint density at radius 2 is 2.06 bits per heavy atom. The molecule has 1 radical (unpaired) electrons. The maximum Gasteiger partial charge on any atom is 0.123 e. The first-order valence-corrected chi connectivity index (χ1v) is 5.39. The fraction of sp³-hybridized carbons (Fsp3) is 0.0714. The Labute approximate surface area is 98.3 Å².